The van der Waals surface area contributed by atoms with Gasteiger partial charge in [-0.15, -0.1) is 0 Å². The Morgan fingerprint density at radius 3 is 2.12 bits per heavy atom. The third-order valence-corrected chi connectivity index (χ3v) is 1.62. The molecule has 0 heterocycles. The van der Waals surface area contributed by atoms with Gasteiger partial charge in [-0.3, -0.25) is 15.3 Å². The first-order valence-corrected chi connectivity index (χ1v) is 4.96. The molecule has 0 rings (SSSR count). The van der Waals surface area contributed by atoms with Crippen LogP contribution in [0.3, 0.4) is 0 Å². The molecule has 0 saturated carbocycles. The van der Waals surface area contributed by atoms with Crippen molar-refractivity contribution in [2.24, 2.45) is 11.7 Å². The van der Waals surface area contributed by atoms with Crippen molar-refractivity contribution in [3.8, 4) is 0 Å². The second kappa shape index (κ2) is 5.81. The Hall–Kier alpha value is -1.14. The number of carbonyl (C=O) groups excluding carboxylic acids is 2. The summed E-state index contributed by atoms with van der Waals surface area (Å²) in [5, 5.41) is 9.33. The van der Waals surface area contributed by atoms with Gasteiger partial charge < -0.3 is 14.6 Å². The topological polar surface area (TPSA) is 98.9 Å². The number of esters is 2. The lowest BCUT2D eigenvalue weighted by atomic mass is 10.0. The molecule has 0 fully saturated rings. The van der Waals surface area contributed by atoms with Crippen LogP contribution >= 0.6 is 0 Å². The smallest absolute Gasteiger partial charge is 0.324 e. The van der Waals surface area contributed by atoms with Gasteiger partial charge in [0, 0.05) is 0 Å². The highest BCUT2D eigenvalue weighted by atomic mass is 16.6. The van der Waals surface area contributed by atoms with Crippen LogP contribution in [0.5, 0.6) is 0 Å². The highest BCUT2D eigenvalue weighted by Crippen LogP contribution is 2.15. The Bertz CT molecular complexity index is 256. The number of rotatable bonds is 4. The Labute approximate surface area is 94.7 Å². The predicted octanol–water partition coefficient (Wildman–Crippen LogP) is -0.215. The zero-order valence-electron chi connectivity index (χ0n) is 10.0. The van der Waals surface area contributed by atoms with Crippen LogP contribution in [0, 0.1) is 5.92 Å². The molecule has 0 aliphatic carbocycles. The molecule has 2 atom stereocenters. The Balaban J connectivity index is 4.67. The lowest BCUT2D eigenvalue weighted by Crippen LogP contribution is -2.40. The average molecular weight is 233 g/mol. The molecular formula is C10H19NO5. The summed E-state index contributed by atoms with van der Waals surface area (Å²) >= 11 is 0. The molecule has 16 heavy (non-hydrogen) atoms. The van der Waals surface area contributed by atoms with Crippen LogP contribution in [-0.2, 0) is 19.1 Å². The number of ether oxygens (including phenoxy) is 2. The molecule has 0 aromatic rings. The molecule has 0 bridgehead atoms. The maximum atomic E-state index is 11.6. The van der Waals surface area contributed by atoms with E-state index in [9.17, 15) is 14.7 Å². The fourth-order valence-corrected chi connectivity index (χ4v) is 1.03. The van der Waals surface area contributed by atoms with Crippen LogP contribution in [0.4, 0.5) is 0 Å². The molecule has 6 heteroatoms. The lowest BCUT2D eigenvalue weighted by Gasteiger charge is -2.24. The molecule has 0 aromatic carbocycles. The maximum absolute atomic E-state index is 11.6. The van der Waals surface area contributed by atoms with Crippen molar-refractivity contribution >= 4 is 11.9 Å². The van der Waals surface area contributed by atoms with Crippen LogP contribution < -0.4 is 5.73 Å². The van der Waals surface area contributed by atoms with E-state index in [0.717, 1.165) is 0 Å². The van der Waals surface area contributed by atoms with E-state index in [1.807, 2.05) is 0 Å². The molecule has 3 N–H and O–H groups in total. The normalized spacial score (nSPS) is 15.1. The number of hydrogen-bond acceptors (Lipinski definition) is 6. The standard InChI is InChI=1S/C10H19NO5/c1-6(12)7(8(13)15-5-11)9(14)16-10(2,3)4/h6-7,12H,5,11H2,1-4H3/t6-,7-/m1/s1. The molecule has 0 aliphatic heterocycles. The van der Waals surface area contributed by atoms with E-state index >= 15 is 0 Å². The van der Waals surface area contributed by atoms with Crippen LogP contribution in [-0.4, -0.2) is 35.5 Å². The summed E-state index contributed by atoms with van der Waals surface area (Å²) in [6.07, 6.45) is -1.19. The molecule has 0 spiro atoms. The van der Waals surface area contributed by atoms with Crippen LogP contribution in [0.25, 0.3) is 0 Å². The van der Waals surface area contributed by atoms with E-state index in [1.54, 1.807) is 20.8 Å². The van der Waals surface area contributed by atoms with E-state index < -0.39 is 29.6 Å². The minimum Gasteiger partial charge on any atom is -0.459 e. The largest absolute Gasteiger partial charge is 0.459 e. The van der Waals surface area contributed by atoms with Gasteiger partial charge in [-0.05, 0) is 27.7 Å². The van der Waals surface area contributed by atoms with Crippen LogP contribution in [0.2, 0.25) is 0 Å². The first-order valence-electron chi connectivity index (χ1n) is 4.96. The summed E-state index contributed by atoms with van der Waals surface area (Å²) in [5.74, 6) is -3.06. The van der Waals surface area contributed by atoms with Gasteiger partial charge in [0.1, 0.15) is 12.3 Å². The first kappa shape index (κ1) is 14.9. The first-order chi connectivity index (χ1) is 7.19. The Kier molecular flexibility index (Phi) is 5.40. The van der Waals surface area contributed by atoms with Gasteiger partial charge in [0.05, 0.1) is 6.10 Å². The zero-order chi connectivity index (χ0) is 12.9. The van der Waals surface area contributed by atoms with Gasteiger partial charge in [0.25, 0.3) is 0 Å². The molecule has 0 aromatic heterocycles. The minimum absolute atomic E-state index is 0.342. The highest BCUT2D eigenvalue weighted by Gasteiger charge is 2.36. The summed E-state index contributed by atoms with van der Waals surface area (Å²) in [7, 11) is 0. The SMILES string of the molecule is C[C@@H](O)[C@H](C(=O)OCN)C(=O)OC(C)(C)C. The fourth-order valence-electron chi connectivity index (χ4n) is 1.03. The van der Waals surface area contributed by atoms with E-state index in [-0.39, 0.29) is 6.73 Å². The maximum Gasteiger partial charge on any atom is 0.324 e. The Morgan fingerprint density at radius 1 is 1.31 bits per heavy atom. The number of nitrogens with two attached hydrogens (primary N) is 1. The van der Waals surface area contributed by atoms with Gasteiger partial charge in [0.15, 0.2) is 5.92 Å². The fraction of sp³-hybridized carbons (Fsp3) is 0.800. The molecule has 0 aliphatic rings. The third-order valence-electron chi connectivity index (χ3n) is 1.62. The van der Waals surface area contributed by atoms with Crippen molar-refractivity contribution in [3.63, 3.8) is 0 Å². The number of carbonyl (C=O) groups is 2. The molecular weight excluding hydrogens is 214 g/mol. The molecule has 0 amide bonds. The van der Waals surface area contributed by atoms with Gasteiger partial charge in [-0.2, -0.15) is 0 Å². The number of aliphatic hydroxyl groups is 1. The minimum atomic E-state index is -1.36. The van der Waals surface area contributed by atoms with Crippen LogP contribution in [0.15, 0.2) is 0 Å². The molecule has 0 saturated heterocycles. The average Bonchev–Trinajstić information content (AvgIpc) is 1.99. The van der Waals surface area contributed by atoms with E-state index in [1.165, 1.54) is 6.92 Å². The molecule has 6 nitrogen and oxygen atoms in total. The Morgan fingerprint density at radius 2 is 1.81 bits per heavy atom. The molecule has 0 unspecified atom stereocenters. The van der Waals surface area contributed by atoms with Crippen molar-refractivity contribution < 1.29 is 24.2 Å². The number of hydrogen-bond donors (Lipinski definition) is 2. The van der Waals surface area contributed by atoms with Gasteiger partial charge in [0.2, 0.25) is 0 Å². The third kappa shape index (κ3) is 5.09. The second-order valence-corrected chi connectivity index (χ2v) is 4.38. The van der Waals surface area contributed by atoms with Crippen molar-refractivity contribution in [3.05, 3.63) is 0 Å². The monoisotopic (exact) mass is 233 g/mol. The quantitative estimate of drug-likeness (QED) is 0.396. The lowest BCUT2D eigenvalue weighted by molar-refractivity contribution is -0.173. The van der Waals surface area contributed by atoms with E-state index in [0.29, 0.717) is 0 Å². The van der Waals surface area contributed by atoms with Gasteiger partial charge in [-0.1, -0.05) is 0 Å². The summed E-state index contributed by atoms with van der Waals surface area (Å²) < 4.78 is 9.47. The van der Waals surface area contributed by atoms with Gasteiger partial charge in [-0.25, -0.2) is 0 Å². The molecule has 94 valence electrons. The van der Waals surface area contributed by atoms with E-state index in [4.69, 9.17) is 10.5 Å². The summed E-state index contributed by atoms with van der Waals surface area (Å²) in [6, 6.07) is 0. The van der Waals surface area contributed by atoms with E-state index in [2.05, 4.69) is 4.74 Å². The predicted molar refractivity (Wildman–Crippen MR) is 56.2 cm³/mol. The van der Waals surface area contributed by atoms with Crippen molar-refractivity contribution in [1.29, 1.82) is 0 Å². The highest BCUT2D eigenvalue weighted by molar-refractivity contribution is 5.95. The number of aliphatic hydroxyl groups excluding tert-OH is 1. The molecule has 0 radical (unpaired) electrons. The van der Waals surface area contributed by atoms with Crippen molar-refractivity contribution in [2.45, 2.75) is 39.4 Å². The summed E-state index contributed by atoms with van der Waals surface area (Å²) in [5.41, 5.74) is 4.29. The summed E-state index contributed by atoms with van der Waals surface area (Å²) in [4.78, 5) is 22.9. The zero-order valence-corrected chi connectivity index (χ0v) is 10.0. The summed E-state index contributed by atoms with van der Waals surface area (Å²) in [6.45, 7) is 5.96. The van der Waals surface area contributed by atoms with Gasteiger partial charge >= 0.3 is 11.9 Å². The van der Waals surface area contributed by atoms with Crippen LogP contribution in [0.1, 0.15) is 27.7 Å². The van der Waals surface area contributed by atoms with Crippen molar-refractivity contribution in [1.82, 2.24) is 0 Å². The van der Waals surface area contributed by atoms with Crippen molar-refractivity contribution in [2.75, 3.05) is 6.73 Å². The second-order valence-electron chi connectivity index (χ2n) is 4.38.